The van der Waals surface area contributed by atoms with Crippen molar-refractivity contribution in [3.63, 3.8) is 0 Å². The minimum Gasteiger partial charge on any atom is -0.380 e. The molecule has 0 radical (unpaired) electrons. The Hall–Kier alpha value is -1.24. The number of aromatic nitrogens is 2. The molecule has 1 saturated heterocycles. The summed E-state index contributed by atoms with van der Waals surface area (Å²) in [6.45, 7) is 16.6. The van der Waals surface area contributed by atoms with Gasteiger partial charge in [-0.1, -0.05) is 20.8 Å². The molecule has 1 aliphatic heterocycles. The molecule has 148 valence electrons. The van der Waals surface area contributed by atoms with Crippen molar-refractivity contribution in [2.45, 2.75) is 52.5 Å². The summed E-state index contributed by atoms with van der Waals surface area (Å²) in [5, 5.41) is 3.45. The smallest absolute Gasteiger partial charge is 0.225 e. The second-order valence-electron chi connectivity index (χ2n) is 7.53. The van der Waals surface area contributed by atoms with Crippen molar-refractivity contribution in [1.29, 1.82) is 0 Å². The van der Waals surface area contributed by atoms with Crippen molar-refractivity contribution in [2.75, 3.05) is 57.4 Å². The van der Waals surface area contributed by atoms with Gasteiger partial charge in [0, 0.05) is 64.3 Å². The van der Waals surface area contributed by atoms with Crippen LogP contribution in [0.1, 0.15) is 52.0 Å². The summed E-state index contributed by atoms with van der Waals surface area (Å²) in [7, 11) is 0. The number of hydrogen-bond acceptors (Lipinski definition) is 6. The van der Waals surface area contributed by atoms with Crippen LogP contribution in [0.15, 0.2) is 12.4 Å². The minimum absolute atomic E-state index is 0.481. The normalized spacial score (nSPS) is 17.0. The van der Waals surface area contributed by atoms with Gasteiger partial charge >= 0.3 is 0 Å². The van der Waals surface area contributed by atoms with Crippen molar-refractivity contribution in [2.24, 2.45) is 0 Å². The minimum atomic E-state index is 0.481. The molecule has 1 aromatic rings. The third kappa shape index (κ3) is 7.17. The highest BCUT2D eigenvalue weighted by atomic mass is 16.5. The van der Waals surface area contributed by atoms with E-state index in [2.05, 4.69) is 52.8 Å². The summed E-state index contributed by atoms with van der Waals surface area (Å²) >= 11 is 0. The lowest BCUT2D eigenvalue weighted by atomic mass is 10.1. The molecule has 1 N–H and O–H groups in total. The van der Waals surface area contributed by atoms with Gasteiger partial charge in [-0.25, -0.2) is 9.97 Å². The zero-order valence-electron chi connectivity index (χ0n) is 17.1. The third-order valence-corrected chi connectivity index (χ3v) is 5.09. The Labute approximate surface area is 159 Å². The van der Waals surface area contributed by atoms with Gasteiger partial charge < -0.3 is 15.0 Å². The van der Waals surface area contributed by atoms with Crippen LogP contribution in [0.25, 0.3) is 0 Å². The molecule has 1 fully saturated rings. The first kappa shape index (κ1) is 21.1. The van der Waals surface area contributed by atoms with Gasteiger partial charge in [0.15, 0.2) is 0 Å². The van der Waals surface area contributed by atoms with E-state index in [1.165, 1.54) is 12.0 Å². The molecule has 1 aromatic heterocycles. The summed E-state index contributed by atoms with van der Waals surface area (Å²) in [4.78, 5) is 13.9. The molecule has 0 aromatic carbocycles. The molecule has 1 atom stereocenters. The highest BCUT2D eigenvalue weighted by molar-refractivity contribution is 5.31. The van der Waals surface area contributed by atoms with Crippen LogP contribution < -0.4 is 10.2 Å². The standard InChI is InChI=1S/C20H37N5O/c1-5-18(4)21-7-14-26-13-6-8-24-9-11-25(12-10-24)20-22-15-19(16-23-20)17(2)3/h15-18,21H,5-14H2,1-4H3. The van der Waals surface area contributed by atoms with Gasteiger partial charge in [0.2, 0.25) is 5.95 Å². The number of nitrogens with zero attached hydrogens (tertiary/aromatic N) is 4. The van der Waals surface area contributed by atoms with Crippen LogP contribution in [0.4, 0.5) is 5.95 Å². The first-order chi connectivity index (χ1) is 12.6. The lowest BCUT2D eigenvalue weighted by Crippen LogP contribution is -2.47. The van der Waals surface area contributed by atoms with E-state index >= 15 is 0 Å². The Morgan fingerprint density at radius 3 is 2.38 bits per heavy atom. The first-order valence-electron chi connectivity index (χ1n) is 10.2. The Morgan fingerprint density at radius 1 is 1.08 bits per heavy atom. The fourth-order valence-electron chi connectivity index (χ4n) is 2.98. The molecule has 1 unspecified atom stereocenters. The fourth-order valence-corrected chi connectivity index (χ4v) is 2.98. The van der Waals surface area contributed by atoms with E-state index < -0.39 is 0 Å². The largest absolute Gasteiger partial charge is 0.380 e. The Balaban J connectivity index is 1.56. The molecule has 26 heavy (non-hydrogen) atoms. The van der Waals surface area contributed by atoms with Gasteiger partial charge in [0.05, 0.1) is 6.61 Å². The monoisotopic (exact) mass is 363 g/mol. The van der Waals surface area contributed by atoms with Gasteiger partial charge in [0.25, 0.3) is 0 Å². The topological polar surface area (TPSA) is 53.5 Å². The third-order valence-electron chi connectivity index (χ3n) is 5.09. The van der Waals surface area contributed by atoms with E-state index in [1.54, 1.807) is 0 Å². The summed E-state index contributed by atoms with van der Waals surface area (Å²) < 4.78 is 5.72. The van der Waals surface area contributed by atoms with Crippen LogP contribution in [0.3, 0.4) is 0 Å². The average Bonchev–Trinajstić information content (AvgIpc) is 2.67. The molecule has 0 spiro atoms. The summed E-state index contributed by atoms with van der Waals surface area (Å²) in [6, 6.07) is 0.584. The maximum absolute atomic E-state index is 5.72. The Kier molecular flexibility index (Phi) is 9.29. The SMILES string of the molecule is CCC(C)NCCOCCCN1CCN(c2ncc(C(C)C)cn2)CC1. The number of ether oxygens (including phenoxy) is 1. The summed E-state index contributed by atoms with van der Waals surface area (Å²) in [5.41, 5.74) is 1.20. The molecule has 6 heteroatoms. The molecule has 0 amide bonds. The van der Waals surface area contributed by atoms with Crippen molar-refractivity contribution in [3.8, 4) is 0 Å². The van der Waals surface area contributed by atoms with E-state index in [9.17, 15) is 0 Å². The fraction of sp³-hybridized carbons (Fsp3) is 0.800. The molecule has 0 saturated carbocycles. The summed E-state index contributed by atoms with van der Waals surface area (Å²) in [6.07, 6.45) is 6.20. The average molecular weight is 364 g/mol. The van der Waals surface area contributed by atoms with Gasteiger partial charge in [0.1, 0.15) is 0 Å². The van der Waals surface area contributed by atoms with Gasteiger partial charge in [-0.05, 0) is 31.2 Å². The van der Waals surface area contributed by atoms with E-state index in [4.69, 9.17) is 4.74 Å². The summed E-state index contributed by atoms with van der Waals surface area (Å²) in [5.74, 6) is 1.35. The number of piperazine rings is 1. The molecular formula is C20H37N5O. The maximum atomic E-state index is 5.72. The molecule has 2 heterocycles. The van der Waals surface area contributed by atoms with Crippen molar-refractivity contribution >= 4 is 5.95 Å². The van der Waals surface area contributed by atoms with Crippen molar-refractivity contribution in [1.82, 2.24) is 20.2 Å². The maximum Gasteiger partial charge on any atom is 0.225 e. The molecular weight excluding hydrogens is 326 g/mol. The lowest BCUT2D eigenvalue weighted by molar-refractivity contribution is 0.119. The molecule has 0 bridgehead atoms. The van der Waals surface area contributed by atoms with Crippen LogP contribution in [0, 0.1) is 0 Å². The van der Waals surface area contributed by atoms with Crippen molar-refractivity contribution in [3.05, 3.63) is 18.0 Å². The van der Waals surface area contributed by atoms with Crippen molar-refractivity contribution < 1.29 is 4.74 Å². The number of nitrogens with one attached hydrogen (secondary N) is 1. The quantitative estimate of drug-likeness (QED) is 0.610. The van der Waals surface area contributed by atoms with E-state index in [-0.39, 0.29) is 0 Å². The van der Waals surface area contributed by atoms with E-state index in [0.29, 0.717) is 12.0 Å². The Morgan fingerprint density at radius 2 is 1.77 bits per heavy atom. The highest BCUT2D eigenvalue weighted by Gasteiger charge is 2.18. The predicted molar refractivity (Wildman–Crippen MR) is 108 cm³/mol. The van der Waals surface area contributed by atoms with E-state index in [0.717, 1.165) is 64.9 Å². The zero-order valence-corrected chi connectivity index (χ0v) is 17.1. The van der Waals surface area contributed by atoms with E-state index in [1.807, 2.05) is 12.4 Å². The molecule has 6 nitrogen and oxygen atoms in total. The van der Waals surface area contributed by atoms with Crippen LogP contribution in [0.5, 0.6) is 0 Å². The number of rotatable bonds is 11. The Bertz CT molecular complexity index is 485. The van der Waals surface area contributed by atoms with Gasteiger partial charge in [-0.3, -0.25) is 4.90 Å². The van der Waals surface area contributed by atoms with Crippen LogP contribution in [-0.4, -0.2) is 73.4 Å². The first-order valence-corrected chi connectivity index (χ1v) is 10.2. The van der Waals surface area contributed by atoms with Gasteiger partial charge in [-0.2, -0.15) is 0 Å². The highest BCUT2D eigenvalue weighted by Crippen LogP contribution is 2.15. The zero-order chi connectivity index (χ0) is 18.8. The van der Waals surface area contributed by atoms with Gasteiger partial charge in [-0.15, -0.1) is 0 Å². The number of hydrogen-bond donors (Lipinski definition) is 1. The lowest BCUT2D eigenvalue weighted by Gasteiger charge is -2.34. The predicted octanol–water partition coefficient (Wildman–Crippen LogP) is 2.52. The molecule has 1 aliphatic rings. The van der Waals surface area contributed by atoms with Crippen LogP contribution in [0.2, 0.25) is 0 Å². The molecule has 0 aliphatic carbocycles. The second-order valence-corrected chi connectivity index (χ2v) is 7.53. The molecule has 2 rings (SSSR count). The second kappa shape index (κ2) is 11.5. The van der Waals surface area contributed by atoms with Crippen LogP contribution in [-0.2, 0) is 4.74 Å². The van der Waals surface area contributed by atoms with Crippen LogP contribution >= 0.6 is 0 Å². The number of anilines is 1.